The summed E-state index contributed by atoms with van der Waals surface area (Å²) < 4.78 is 4.26. The molecular weight excluding hydrogens is 416 g/mol. The molecule has 6 heteroatoms. The Bertz CT molecular complexity index is 1220. The van der Waals surface area contributed by atoms with E-state index in [0.717, 1.165) is 15.9 Å². The largest absolute Gasteiger partial charge is 0.316 e. The van der Waals surface area contributed by atoms with Crippen LogP contribution in [0.2, 0.25) is 0 Å². The molecule has 0 aliphatic rings. The second-order valence-electron chi connectivity index (χ2n) is 6.79. The summed E-state index contributed by atoms with van der Waals surface area (Å²) >= 11 is 3.43. The molecule has 0 spiro atoms. The van der Waals surface area contributed by atoms with Gasteiger partial charge in [0.1, 0.15) is 5.82 Å². The average molecular weight is 435 g/mol. The average Bonchev–Trinajstić information content (AvgIpc) is 3.16. The van der Waals surface area contributed by atoms with E-state index in [-0.39, 0.29) is 11.5 Å². The number of hydrogen-bond acceptors (Lipinski definition) is 3. The van der Waals surface area contributed by atoms with Gasteiger partial charge in [-0.1, -0.05) is 48.0 Å². The third-order valence-electron chi connectivity index (χ3n) is 4.47. The van der Waals surface area contributed by atoms with Gasteiger partial charge in [-0.25, -0.2) is 4.98 Å². The first-order chi connectivity index (χ1) is 13.5. The molecule has 0 aliphatic heterocycles. The Morgan fingerprint density at radius 1 is 1.07 bits per heavy atom. The van der Waals surface area contributed by atoms with Gasteiger partial charge in [-0.3, -0.25) is 4.79 Å². The lowest BCUT2D eigenvalue weighted by Gasteiger charge is -2.12. The zero-order valence-electron chi connectivity index (χ0n) is 15.6. The van der Waals surface area contributed by atoms with Gasteiger partial charge in [0.05, 0.1) is 22.8 Å². The lowest BCUT2D eigenvalue weighted by atomic mass is 10.2. The molecule has 2 aromatic heterocycles. The third-order valence-corrected chi connectivity index (χ3v) is 4.96. The molecule has 2 aromatic carbocycles. The molecule has 4 aromatic rings. The van der Waals surface area contributed by atoms with Gasteiger partial charge in [0.15, 0.2) is 0 Å². The Labute approximate surface area is 171 Å². The number of para-hydroxylation sites is 1. The summed E-state index contributed by atoms with van der Waals surface area (Å²) in [7, 11) is 0. The molecule has 0 N–H and O–H groups in total. The van der Waals surface area contributed by atoms with Crippen molar-refractivity contribution in [3.63, 3.8) is 0 Å². The van der Waals surface area contributed by atoms with Crippen molar-refractivity contribution in [1.29, 1.82) is 0 Å². The first-order valence-corrected chi connectivity index (χ1v) is 9.83. The van der Waals surface area contributed by atoms with Gasteiger partial charge in [0.2, 0.25) is 0 Å². The predicted molar refractivity (Wildman–Crippen MR) is 117 cm³/mol. The summed E-state index contributed by atoms with van der Waals surface area (Å²) in [5.41, 5.74) is 2.41. The summed E-state index contributed by atoms with van der Waals surface area (Å²) in [6, 6.07) is 19.4. The van der Waals surface area contributed by atoms with Crippen molar-refractivity contribution in [2.24, 2.45) is 5.10 Å². The van der Waals surface area contributed by atoms with Crippen LogP contribution in [0.15, 0.2) is 81.2 Å². The molecule has 0 saturated heterocycles. The molecule has 0 unspecified atom stereocenters. The number of benzene rings is 2. The van der Waals surface area contributed by atoms with Crippen molar-refractivity contribution in [1.82, 2.24) is 14.2 Å². The van der Waals surface area contributed by atoms with Crippen molar-refractivity contribution >= 4 is 33.0 Å². The lowest BCUT2D eigenvalue weighted by Crippen LogP contribution is -2.23. The Balaban J connectivity index is 1.84. The molecular formula is C22H19BrN4O. The number of hydrogen-bond donors (Lipinski definition) is 0. The van der Waals surface area contributed by atoms with E-state index >= 15 is 0 Å². The molecule has 0 bridgehead atoms. The summed E-state index contributed by atoms with van der Waals surface area (Å²) in [5.74, 6) is 0.688. The number of aromatic nitrogens is 3. The molecule has 0 fully saturated rings. The van der Waals surface area contributed by atoms with Crippen LogP contribution in [-0.2, 0) is 0 Å². The Kier molecular flexibility index (Phi) is 4.96. The Morgan fingerprint density at radius 3 is 2.61 bits per heavy atom. The highest BCUT2D eigenvalue weighted by molar-refractivity contribution is 9.10. The minimum atomic E-state index is -0.177. The van der Waals surface area contributed by atoms with E-state index in [1.54, 1.807) is 12.3 Å². The molecule has 0 saturated carbocycles. The predicted octanol–water partition coefficient (Wildman–Crippen LogP) is 4.96. The van der Waals surface area contributed by atoms with Crippen LogP contribution in [0.5, 0.6) is 0 Å². The molecule has 0 aliphatic carbocycles. The van der Waals surface area contributed by atoms with E-state index in [1.165, 1.54) is 4.68 Å². The fourth-order valence-corrected chi connectivity index (χ4v) is 3.45. The van der Waals surface area contributed by atoms with Gasteiger partial charge in [-0.05, 0) is 42.5 Å². The number of rotatable bonds is 4. The molecule has 28 heavy (non-hydrogen) atoms. The van der Waals surface area contributed by atoms with Gasteiger partial charge in [-0.2, -0.15) is 9.78 Å². The first-order valence-electron chi connectivity index (χ1n) is 9.04. The summed E-state index contributed by atoms with van der Waals surface area (Å²) in [6.07, 6.45) is 3.67. The fourth-order valence-electron chi connectivity index (χ4n) is 3.09. The van der Waals surface area contributed by atoms with Crippen molar-refractivity contribution in [3.8, 4) is 5.69 Å². The maximum atomic E-state index is 13.1. The second-order valence-corrected chi connectivity index (χ2v) is 7.70. The monoisotopic (exact) mass is 434 g/mol. The quantitative estimate of drug-likeness (QED) is 0.426. The maximum absolute atomic E-state index is 13.1. The van der Waals surface area contributed by atoms with Gasteiger partial charge in [-0.15, -0.1) is 0 Å². The molecule has 0 amide bonds. The van der Waals surface area contributed by atoms with Crippen LogP contribution < -0.4 is 5.56 Å². The lowest BCUT2D eigenvalue weighted by molar-refractivity contribution is 0.665. The molecule has 2 heterocycles. The SMILES string of the molecule is CC(C)c1nc2ccc(Br)cc2c(=O)n1N=Cc1cccn1-c1ccccc1. The van der Waals surface area contributed by atoms with Gasteiger partial charge >= 0.3 is 0 Å². The zero-order valence-corrected chi connectivity index (χ0v) is 17.2. The highest BCUT2D eigenvalue weighted by atomic mass is 79.9. The minimum absolute atomic E-state index is 0.0544. The van der Waals surface area contributed by atoms with Gasteiger partial charge < -0.3 is 4.57 Å². The van der Waals surface area contributed by atoms with E-state index in [1.807, 2.05) is 79.2 Å². The Hall–Kier alpha value is -2.99. The van der Waals surface area contributed by atoms with Crippen LogP contribution in [-0.4, -0.2) is 20.4 Å². The van der Waals surface area contributed by atoms with Crippen LogP contribution in [0.25, 0.3) is 16.6 Å². The smallest absolute Gasteiger partial charge is 0.282 e. The molecule has 0 radical (unpaired) electrons. The van der Waals surface area contributed by atoms with Crippen LogP contribution in [0.1, 0.15) is 31.3 Å². The highest BCUT2D eigenvalue weighted by Gasteiger charge is 2.14. The molecule has 140 valence electrons. The molecule has 4 rings (SSSR count). The van der Waals surface area contributed by atoms with E-state index in [0.29, 0.717) is 16.7 Å². The van der Waals surface area contributed by atoms with Crippen LogP contribution >= 0.6 is 15.9 Å². The van der Waals surface area contributed by atoms with Crippen molar-refractivity contribution in [3.05, 3.63) is 93.2 Å². The van der Waals surface area contributed by atoms with Gasteiger partial charge in [0.25, 0.3) is 5.56 Å². The van der Waals surface area contributed by atoms with E-state index < -0.39 is 0 Å². The van der Waals surface area contributed by atoms with Crippen molar-refractivity contribution in [2.75, 3.05) is 0 Å². The van der Waals surface area contributed by atoms with E-state index in [4.69, 9.17) is 0 Å². The van der Waals surface area contributed by atoms with Crippen LogP contribution in [0.4, 0.5) is 0 Å². The van der Waals surface area contributed by atoms with Crippen molar-refractivity contribution in [2.45, 2.75) is 19.8 Å². The highest BCUT2D eigenvalue weighted by Crippen LogP contribution is 2.19. The summed E-state index contributed by atoms with van der Waals surface area (Å²) in [6.45, 7) is 4.01. The van der Waals surface area contributed by atoms with E-state index in [2.05, 4.69) is 26.0 Å². The minimum Gasteiger partial charge on any atom is -0.316 e. The summed E-state index contributed by atoms with van der Waals surface area (Å²) in [5, 5.41) is 5.05. The molecule has 5 nitrogen and oxygen atoms in total. The normalized spacial score (nSPS) is 11.7. The van der Waals surface area contributed by atoms with Gasteiger partial charge in [0, 0.05) is 22.3 Å². The van der Waals surface area contributed by atoms with Crippen molar-refractivity contribution < 1.29 is 0 Å². The Morgan fingerprint density at radius 2 is 1.86 bits per heavy atom. The summed E-state index contributed by atoms with van der Waals surface area (Å²) in [4.78, 5) is 17.8. The second kappa shape index (κ2) is 7.56. The van der Waals surface area contributed by atoms with Crippen LogP contribution in [0, 0.1) is 0 Å². The third kappa shape index (κ3) is 3.43. The number of nitrogens with zero attached hydrogens (tertiary/aromatic N) is 4. The van der Waals surface area contributed by atoms with E-state index in [9.17, 15) is 4.79 Å². The van der Waals surface area contributed by atoms with Crippen LogP contribution in [0.3, 0.4) is 0 Å². The maximum Gasteiger partial charge on any atom is 0.282 e. The number of fused-ring (bicyclic) bond motifs is 1. The molecule has 0 atom stereocenters. The number of halogens is 1. The topological polar surface area (TPSA) is 52.2 Å². The zero-order chi connectivity index (χ0) is 19.7. The standard InChI is InChI=1S/C22H19BrN4O/c1-15(2)21-25-20-11-10-16(23)13-19(20)22(28)27(21)24-14-18-9-6-12-26(18)17-7-4-3-5-8-17/h3-15H,1-2H3. The fraction of sp³-hybridized carbons (Fsp3) is 0.136. The first kappa shape index (κ1) is 18.4.